The fourth-order valence-electron chi connectivity index (χ4n) is 3.57. The number of fused-ring (bicyclic) bond motifs is 1. The van der Waals surface area contributed by atoms with Crippen molar-refractivity contribution in [3.05, 3.63) is 71.3 Å². The normalized spacial score (nSPS) is 14.1. The number of thiophene rings is 1. The Morgan fingerprint density at radius 3 is 2.57 bits per heavy atom. The van der Waals surface area contributed by atoms with E-state index in [4.69, 9.17) is 10.2 Å². The molecule has 5 rings (SSSR count). The Morgan fingerprint density at radius 2 is 1.89 bits per heavy atom. The summed E-state index contributed by atoms with van der Waals surface area (Å²) >= 11 is 0.822. The first-order valence-electron chi connectivity index (χ1n) is 10.0. The van der Waals surface area contributed by atoms with Gasteiger partial charge in [-0.2, -0.15) is 18.3 Å². The third kappa shape index (κ3) is 4.25. The van der Waals surface area contributed by atoms with Crippen LogP contribution in [0.2, 0.25) is 0 Å². The number of benzene rings is 1. The molecule has 0 fully saturated rings. The number of rotatable bonds is 5. The average molecular weight is 523 g/mol. The lowest BCUT2D eigenvalue weighted by molar-refractivity contribution is -0.143. The van der Waals surface area contributed by atoms with Gasteiger partial charge in [-0.3, -0.25) is 9.40 Å². The van der Waals surface area contributed by atoms with Crippen molar-refractivity contribution in [3.63, 3.8) is 0 Å². The molecule has 0 aliphatic carbocycles. The molecule has 0 radical (unpaired) electrons. The van der Waals surface area contributed by atoms with Crippen molar-refractivity contribution in [2.45, 2.75) is 10.4 Å². The van der Waals surface area contributed by atoms with Gasteiger partial charge in [-0.25, -0.2) is 13.4 Å². The van der Waals surface area contributed by atoms with Gasteiger partial charge >= 0.3 is 6.18 Å². The van der Waals surface area contributed by atoms with Crippen LogP contribution in [0.5, 0.6) is 0 Å². The predicted molar refractivity (Wildman–Crippen MR) is 123 cm³/mol. The Bertz CT molecular complexity index is 1640. The number of aryl methyl sites for hydroxylation is 1. The highest BCUT2D eigenvalue weighted by molar-refractivity contribution is 7.94. The van der Waals surface area contributed by atoms with Gasteiger partial charge in [-0.1, -0.05) is 0 Å². The first kappa shape index (κ1) is 23.0. The fourth-order valence-corrected chi connectivity index (χ4v) is 5.89. The summed E-state index contributed by atoms with van der Waals surface area (Å²) in [7, 11) is -2.80. The SMILES string of the molecule is Cn1nc(-c2ccc(S(=O)(=O)Nc3ccc(N4CN=c5occc5=C4N)cc3)s2)cc1C(F)(F)F. The topological polar surface area (TPSA) is 119 Å². The second-order valence-electron chi connectivity index (χ2n) is 7.56. The van der Waals surface area contributed by atoms with Gasteiger partial charge in [-0.05, 0) is 48.5 Å². The van der Waals surface area contributed by atoms with E-state index in [0.29, 0.717) is 32.8 Å². The molecule has 1 aliphatic heterocycles. The minimum absolute atomic E-state index is 0.0391. The molecule has 3 N–H and O–H groups in total. The van der Waals surface area contributed by atoms with Crippen LogP contribution in [-0.4, -0.2) is 24.9 Å². The summed E-state index contributed by atoms with van der Waals surface area (Å²) in [5.74, 6) is 0.464. The Kier molecular flexibility index (Phi) is 5.36. The van der Waals surface area contributed by atoms with Crippen LogP contribution in [0.4, 0.5) is 24.5 Å². The number of furan rings is 1. The first-order chi connectivity index (χ1) is 16.5. The molecule has 14 heteroatoms. The summed E-state index contributed by atoms with van der Waals surface area (Å²) in [4.78, 5) is 6.36. The Labute approximate surface area is 200 Å². The van der Waals surface area contributed by atoms with Crippen LogP contribution in [-0.2, 0) is 23.2 Å². The summed E-state index contributed by atoms with van der Waals surface area (Å²) in [5.41, 5.74) is 6.79. The molecule has 0 unspecified atom stereocenters. The van der Waals surface area contributed by atoms with Gasteiger partial charge in [-0.15, -0.1) is 11.3 Å². The predicted octanol–water partition coefficient (Wildman–Crippen LogP) is 2.68. The van der Waals surface area contributed by atoms with Crippen LogP contribution in [0, 0.1) is 0 Å². The summed E-state index contributed by atoms with van der Waals surface area (Å²) in [6, 6.07) is 11.9. The van der Waals surface area contributed by atoms with E-state index in [0.717, 1.165) is 22.1 Å². The van der Waals surface area contributed by atoms with E-state index in [1.54, 1.807) is 35.2 Å². The number of sulfonamides is 1. The van der Waals surface area contributed by atoms with Crippen molar-refractivity contribution in [1.82, 2.24) is 9.78 Å². The minimum Gasteiger partial charge on any atom is -0.446 e. The molecule has 3 aromatic heterocycles. The van der Waals surface area contributed by atoms with Crippen molar-refractivity contribution < 1.29 is 26.0 Å². The molecule has 9 nitrogen and oxygen atoms in total. The van der Waals surface area contributed by atoms with Crippen LogP contribution in [0.3, 0.4) is 0 Å². The highest BCUT2D eigenvalue weighted by atomic mass is 32.2. The molecular formula is C21H17F3N6O3S2. The number of nitrogens with zero attached hydrogens (tertiary/aromatic N) is 4. The number of hydrogen-bond acceptors (Lipinski definition) is 8. The Balaban J connectivity index is 1.35. The largest absolute Gasteiger partial charge is 0.446 e. The standard InChI is InChI=1S/C21H17F3N6O3S2/c1-29-17(21(22,23)24)10-15(27-29)16-6-7-18(34-16)35(31,32)28-12-2-4-13(5-3-12)30-11-26-20-14(19(30)25)8-9-33-20/h2-10,28H,11,25H2,1H3. The van der Waals surface area contributed by atoms with Crippen molar-refractivity contribution in [2.75, 3.05) is 16.3 Å². The van der Waals surface area contributed by atoms with Gasteiger partial charge in [0.2, 0.25) is 5.55 Å². The first-order valence-corrected chi connectivity index (χ1v) is 12.3. The summed E-state index contributed by atoms with van der Waals surface area (Å²) in [6.45, 7) is 0.249. The van der Waals surface area contributed by atoms with E-state index in [2.05, 4.69) is 14.8 Å². The van der Waals surface area contributed by atoms with Gasteiger partial charge in [0.15, 0.2) is 0 Å². The van der Waals surface area contributed by atoms with Crippen LogP contribution in [0.25, 0.3) is 16.4 Å². The number of nitrogens with two attached hydrogens (primary N) is 1. The zero-order chi connectivity index (χ0) is 25.0. The molecule has 182 valence electrons. The lowest BCUT2D eigenvalue weighted by Gasteiger charge is -2.24. The third-order valence-corrected chi connectivity index (χ3v) is 8.25. The Hall–Kier alpha value is -3.78. The summed E-state index contributed by atoms with van der Waals surface area (Å²) in [5, 5.41) is 4.53. The van der Waals surface area contributed by atoms with E-state index in [9.17, 15) is 21.6 Å². The molecule has 0 spiro atoms. The molecule has 1 aliphatic rings. The maximum absolute atomic E-state index is 13.0. The summed E-state index contributed by atoms with van der Waals surface area (Å²) < 4.78 is 73.3. The third-order valence-electron chi connectivity index (χ3n) is 5.27. The monoisotopic (exact) mass is 522 g/mol. The smallest absolute Gasteiger partial charge is 0.433 e. The van der Waals surface area contributed by atoms with E-state index >= 15 is 0 Å². The number of aromatic nitrogens is 2. The van der Waals surface area contributed by atoms with Crippen LogP contribution in [0.15, 0.2) is 68.4 Å². The minimum atomic E-state index is -4.56. The lowest BCUT2D eigenvalue weighted by atomic mass is 10.2. The molecule has 0 saturated carbocycles. The molecular weight excluding hydrogens is 505 g/mol. The van der Waals surface area contributed by atoms with Crippen LogP contribution in [0.1, 0.15) is 5.69 Å². The van der Waals surface area contributed by atoms with Crippen LogP contribution >= 0.6 is 11.3 Å². The van der Waals surface area contributed by atoms with E-state index in [1.165, 1.54) is 25.4 Å². The molecule has 4 aromatic rings. The average Bonchev–Trinajstić information content (AvgIpc) is 3.53. The van der Waals surface area contributed by atoms with Crippen molar-refractivity contribution in [3.8, 4) is 10.6 Å². The molecule has 4 heterocycles. The zero-order valence-electron chi connectivity index (χ0n) is 17.9. The van der Waals surface area contributed by atoms with Crippen LogP contribution < -0.4 is 26.1 Å². The maximum Gasteiger partial charge on any atom is 0.433 e. The number of hydrogen-bond donors (Lipinski definition) is 2. The molecule has 0 amide bonds. The lowest BCUT2D eigenvalue weighted by Crippen LogP contribution is -2.42. The number of halogens is 3. The number of nitrogens with one attached hydrogen (secondary N) is 1. The second-order valence-corrected chi connectivity index (χ2v) is 10.6. The molecule has 0 saturated heterocycles. The summed E-state index contributed by atoms with van der Waals surface area (Å²) in [6.07, 6.45) is -3.06. The van der Waals surface area contributed by atoms with Gasteiger partial charge in [0.25, 0.3) is 10.0 Å². The van der Waals surface area contributed by atoms with Crippen molar-refractivity contribution in [2.24, 2.45) is 17.8 Å². The molecule has 0 atom stereocenters. The van der Waals surface area contributed by atoms with Crippen molar-refractivity contribution >= 4 is 38.6 Å². The Morgan fingerprint density at radius 1 is 1.14 bits per heavy atom. The van der Waals surface area contributed by atoms with Gasteiger partial charge in [0.05, 0.1) is 16.4 Å². The van der Waals surface area contributed by atoms with E-state index in [-0.39, 0.29) is 16.6 Å². The number of anilines is 2. The highest BCUT2D eigenvalue weighted by Gasteiger charge is 2.35. The zero-order valence-corrected chi connectivity index (χ0v) is 19.6. The molecule has 0 bridgehead atoms. The second kappa shape index (κ2) is 8.16. The highest BCUT2D eigenvalue weighted by Crippen LogP contribution is 2.35. The van der Waals surface area contributed by atoms with E-state index < -0.39 is 21.9 Å². The number of alkyl halides is 3. The van der Waals surface area contributed by atoms with Gasteiger partial charge in [0.1, 0.15) is 28.1 Å². The maximum atomic E-state index is 13.0. The van der Waals surface area contributed by atoms with Gasteiger partial charge in [0, 0.05) is 18.4 Å². The molecule has 1 aromatic carbocycles. The van der Waals surface area contributed by atoms with E-state index in [1.807, 2.05) is 0 Å². The van der Waals surface area contributed by atoms with Gasteiger partial charge < -0.3 is 15.1 Å². The fraction of sp³-hybridized carbons (Fsp3) is 0.143. The quantitative estimate of drug-likeness (QED) is 0.416. The van der Waals surface area contributed by atoms with Crippen molar-refractivity contribution in [1.29, 1.82) is 0 Å². The molecule has 35 heavy (non-hydrogen) atoms.